The lowest BCUT2D eigenvalue weighted by molar-refractivity contribution is -0.144. The van der Waals surface area contributed by atoms with Gasteiger partial charge in [0.25, 0.3) is 0 Å². The molecule has 1 atom stereocenters. The zero-order chi connectivity index (χ0) is 28.5. The van der Waals surface area contributed by atoms with Gasteiger partial charge < -0.3 is 18.8 Å². The molecular weight excluding hydrogens is 505 g/mol. The minimum absolute atomic E-state index is 0.147. The molecule has 1 aromatic heterocycles. The molecule has 4 rings (SSSR count). The van der Waals surface area contributed by atoms with Crippen LogP contribution in [0.3, 0.4) is 0 Å². The fourth-order valence-electron chi connectivity index (χ4n) is 4.78. The largest absolute Gasteiger partial charge is 0.492 e. The highest BCUT2D eigenvalue weighted by Gasteiger charge is 2.20. The van der Waals surface area contributed by atoms with Gasteiger partial charge in [-0.1, -0.05) is 56.3 Å². The smallest absolute Gasteiger partial charge is 0.308 e. The molecule has 40 heavy (non-hydrogen) atoms. The minimum Gasteiger partial charge on any atom is -0.492 e. The number of nitrogens with zero attached hydrogens (tertiary/aromatic N) is 1. The molecule has 1 unspecified atom stereocenters. The Kier molecular flexibility index (Phi) is 10.1. The normalized spacial score (nSPS) is 11.9. The summed E-state index contributed by atoms with van der Waals surface area (Å²) in [7, 11) is 0. The first kappa shape index (κ1) is 29.1. The molecule has 0 aliphatic rings. The summed E-state index contributed by atoms with van der Waals surface area (Å²) < 4.78 is 33.0. The quantitative estimate of drug-likeness (QED) is 0.160. The van der Waals surface area contributed by atoms with Crippen LogP contribution in [0.4, 0.5) is 4.39 Å². The first-order chi connectivity index (χ1) is 19.4. The third-order valence-electron chi connectivity index (χ3n) is 6.84. The minimum atomic E-state index is -0.252. The number of benzene rings is 3. The van der Waals surface area contributed by atoms with Gasteiger partial charge in [-0.2, -0.15) is 0 Å². The highest BCUT2D eigenvalue weighted by atomic mass is 19.1. The third kappa shape index (κ3) is 7.39. The van der Waals surface area contributed by atoms with E-state index in [-0.39, 0.29) is 24.3 Å². The van der Waals surface area contributed by atoms with Crippen LogP contribution in [0.1, 0.15) is 57.4 Å². The van der Waals surface area contributed by atoms with Crippen molar-refractivity contribution in [2.75, 3.05) is 19.8 Å². The summed E-state index contributed by atoms with van der Waals surface area (Å²) in [6.07, 6.45) is 0.0925. The van der Waals surface area contributed by atoms with Crippen LogP contribution in [0.5, 0.6) is 5.75 Å². The molecule has 3 aromatic carbocycles. The molecule has 0 fully saturated rings. The van der Waals surface area contributed by atoms with Crippen LogP contribution in [-0.2, 0) is 20.8 Å². The van der Waals surface area contributed by atoms with Gasteiger partial charge in [-0.3, -0.25) is 4.79 Å². The first-order valence-corrected chi connectivity index (χ1v) is 13.9. The second kappa shape index (κ2) is 13.9. The van der Waals surface area contributed by atoms with E-state index in [2.05, 4.69) is 36.6 Å². The topological polar surface area (TPSA) is 49.7 Å². The van der Waals surface area contributed by atoms with Crippen LogP contribution in [0.25, 0.3) is 22.4 Å². The predicted octanol–water partition coefficient (Wildman–Crippen LogP) is 8.19. The maximum absolute atomic E-state index is 13.8. The maximum atomic E-state index is 13.8. The molecule has 0 radical (unpaired) electrons. The molecule has 0 amide bonds. The van der Waals surface area contributed by atoms with Gasteiger partial charge in [0.15, 0.2) is 0 Å². The average Bonchev–Trinajstić information content (AvgIpc) is 3.34. The van der Waals surface area contributed by atoms with Gasteiger partial charge in [0, 0.05) is 11.3 Å². The van der Waals surface area contributed by atoms with Crippen molar-refractivity contribution in [3.63, 3.8) is 0 Å². The van der Waals surface area contributed by atoms with Crippen molar-refractivity contribution in [3.8, 4) is 28.1 Å². The van der Waals surface area contributed by atoms with Crippen molar-refractivity contribution < 1.29 is 23.4 Å². The molecule has 0 bridgehead atoms. The van der Waals surface area contributed by atoms with Gasteiger partial charge in [-0.25, -0.2) is 4.39 Å². The molecule has 0 saturated carbocycles. The molecule has 6 heteroatoms. The zero-order valence-corrected chi connectivity index (χ0v) is 23.7. The molecular formula is C34H38FNO4. The van der Waals surface area contributed by atoms with Gasteiger partial charge in [0.1, 0.15) is 18.2 Å². The Morgan fingerprint density at radius 2 is 1.57 bits per heavy atom. The summed E-state index contributed by atoms with van der Waals surface area (Å²) in [5, 5.41) is 0. The van der Waals surface area contributed by atoms with E-state index in [9.17, 15) is 9.18 Å². The van der Waals surface area contributed by atoms with E-state index in [1.54, 1.807) is 6.92 Å². The number of ether oxygens (including phenoxy) is 3. The molecule has 5 nitrogen and oxygen atoms in total. The number of hydrogen-bond donors (Lipinski definition) is 0. The number of carbonyl (C=O) groups is 1. The first-order valence-electron chi connectivity index (χ1n) is 13.9. The summed E-state index contributed by atoms with van der Waals surface area (Å²) in [4.78, 5) is 11.5. The van der Waals surface area contributed by atoms with Crippen molar-refractivity contribution >= 4 is 5.97 Å². The lowest BCUT2D eigenvalue weighted by Crippen LogP contribution is -2.13. The molecule has 0 aliphatic heterocycles. The molecule has 4 aromatic rings. The summed E-state index contributed by atoms with van der Waals surface area (Å²) in [6, 6.07) is 27.1. The van der Waals surface area contributed by atoms with Crippen molar-refractivity contribution in [3.05, 3.63) is 102 Å². The van der Waals surface area contributed by atoms with E-state index in [1.807, 2.05) is 61.5 Å². The van der Waals surface area contributed by atoms with E-state index in [1.165, 1.54) is 17.8 Å². The van der Waals surface area contributed by atoms with Crippen LogP contribution in [0.2, 0.25) is 0 Å². The summed E-state index contributed by atoms with van der Waals surface area (Å²) >= 11 is 0. The van der Waals surface area contributed by atoms with Gasteiger partial charge in [-0.05, 0) is 78.9 Å². The number of rotatable bonds is 13. The second-order valence-electron chi connectivity index (χ2n) is 10.00. The Labute approximate surface area is 236 Å². The number of halogens is 1. The summed E-state index contributed by atoms with van der Waals surface area (Å²) in [6.45, 7) is 9.93. The molecule has 210 valence electrons. The van der Waals surface area contributed by atoms with Crippen LogP contribution < -0.4 is 4.74 Å². The molecule has 0 aliphatic carbocycles. The van der Waals surface area contributed by atoms with Crippen LogP contribution >= 0.6 is 0 Å². The lowest BCUT2D eigenvalue weighted by atomic mass is 10.0. The van der Waals surface area contributed by atoms with Crippen molar-refractivity contribution in [2.45, 2.75) is 52.7 Å². The predicted molar refractivity (Wildman–Crippen MR) is 157 cm³/mol. The Morgan fingerprint density at radius 1 is 0.875 bits per heavy atom. The summed E-state index contributed by atoms with van der Waals surface area (Å²) in [5.74, 6) is 0.562. The highest BCUT2D eigenvalue weighted by Crippen LogP contribution is 2.37. The van der Waals surface area contributed by atoms with Crippen LogP contribution in [0, 0.1) is 5.82 Å². The number of esters is 1. The average molecular weight is 544 g/mol. The van der Waals surface area contributed by atoms with E-state index in [0.717, 1.165) is 33.7 Å². The Balaban J connectivity index is 1.48. The molecule has 0 spiro atoms. The molecule has 0 saturated heterocycles. The lowest BCUT2D eigenvalue weighted by Gasteiger charge is -2.18. The van der Waals surface area contributed by atoms with Crippen LogP contribution in [0.15, 0.2) is 84.9 Å². The van der Waals surface area contributed by atoms with E-state index in [0.29, 0.717) is 32.3 Å². The van der Waals surface area contributed by atoms with E-state index in [4.69, 9.17) is 14.2 Å². The fourth-order valence-corrected chi connectivity index (χ4v) is 4.78. The number of aromatic nitrogens is 1. The van der Waals surface area contributed by atoms with Crippen molar-refractivity contribution in [1.82, 2.24) is 4.57 Å². The fraction of sp³-hybridized carbons (Fsp3) is 0.324. The van der Waals surface area contributed by atoms with Gasteiger partial charge >= 0.3 is 5.97 Å². The van der Waals surface area contributed by atoms with Gasteiger partial charge in [0.05, 0.1) is 38.0 Å². The molecule has 0 N–H and O–H groups in total. The monoisotopic (exact) mass is 543 g/mol. The highest BCUT2D eigenvalue weighted by molar-refractivity contribution is 5.82. The van der Waals surface area contributed by atoms with Crippen molar-refractivity contribution in [1.29, 1.82) is 0 Å². The van der Waals surface area contributed by atoms with E-state index >= 15 is 0 Å². The summed E-state index contributed by atoms with van der Waals surface area (Å²) in [5.41, 5.74) is 6.48. The second-order valence-corrected chi connectivity index (χ2v) is 10.00. The molecule has 1 heterocycles. The van der Waals surface area contributed by atoms with Gasteiger partial charge in [-0.15, -0.1) is 0 Å². The zero-order valence-electron chi connectivity index (χ0n) is 23.7. The van der Waals surface area contributed by atoms with Gasteiger partial charge in [0.2, 0.25) is 0 Å². The Bertz CT molecular complexity index is 1360. The SMILES string of the molecule is CCOC(=O)CCOC(C)c1ccc(OCCn2c(C(C)C)cc(-c3ccccc3)c2-c2ccc(F)cc2)cc1. The number of hydrogen-bond acceptors (Lipinski definition) is 4. The van der Waals surface area contributed by atoms with E-state index < -0.39 is 0 Å². The Morgan fingerprint density at radius 3 is 2.23 bits per heavy atom. The third-order valence-corrected chi connectivity index (χ3v) is 6.84. The standard InChI is InChI=1S/C34H38FNO4/c1-5-38-33(37)19-21-39-25(4)26-13-17-30(18-14-26)40-22-20-36-32(24(2)3)23-31(27-9-7-6-8-10-27)34(36)28-11-15-29(35)16-12-28/h6-18,23-25H,5,19-22H2,1-4H3. The maximum Gasteiger partial charge on any atom is 0.308 e. The Hall–Kier alpha value is -3.90. The van der Waals surface area contributed by atoms with Crippen LogP contribution in [-0.4, -0.2) is 30.4 Å². The van der Waals surface area contributed by atoms with Crippen molar-refractivity contribution in [2.24, 2.45) is 0 Å². The number of carbonyl (C=O) groups excluding carboxylic acids is 1.